The van der Waals surface area contributed by atoms with Gasteiger partial charge in [0, 0.05) is 22.8 Å². The Morgan fingerprint density at radius 2 is 1.86 bits per heavy atom. The smallest absolute Gasteiger partial charge is 0.140 e. The maximum absolute atomic E-state index is 4.89. The summed E-state index contributed by atoms with van der Waals surface area (Å²) in [5.41, 5.74) is 5.66. The van der Waals surface area contributed by atoms with Crippen LogP contribution in [0.3, 0.4) is 0 Å². The minimum Gasteiger partial charge on any atom is -0.304 e. The van der Waals surface area contributed by atoms with Crippen LogP contribution in [-0.4, -0.2) is 28.4 Å². The van der Waals surface area contributed by atoms with Crippen molar-refractivity contribution in [3.63, 3.8) is 0 Å². The van der Waals surface area contributed by atoms with Crippen LogP contribution >= 0.6 is 15.9 Å². The van der Waals surface area contributed by atoms with E-state index in [2.05, 4.69) is 88.8 Å². The number of halogens is 1. The SMILES string of the molecule is Cc1cccn2c(CN(C)C)c(-c3ccc(Br)cc3)nc12. The molecule has 21 heavy (non-hydrogen) atoms. The Morgan fingerprint density at radius 3 is 2.52 bits per heavy atom. The third-order valence-corrected chi connectivity index (χ3v) is 4.06. The van der Waals surface area contributed by atoms with Gasteiger partial charge in [-0.25, -0.2) is 4.98 Å². The highest BCUT2D eigenvalue weighted by atomic mass is 79.9. The first-order chi connectivity index (χ1) is 10.1. The second kappa shape index (κ2) is 5.62. The van der Waals surface area contributed by atoms with Crippen molar-refractivity contribution in [1.29, 1.82) is 0 Å². The van der Waals surface area contributed by atoms with Crippen molar-refractivity contribution in [1.82, 2.24) is 14.3 Å². The highest BCUT2D eigenvalue weighted by Gasteiger charge is 2.15. The van der Waals surface area contributed by atoms with Gasteiger partial charge in [-0.1, -0.05) is 34.1 Å². The molecule has 0 N–H and O–H groups in total. The zero-order chi connectivity index (χ0) is 15.0. The summed E-state index contributed by atoms with van der Waals surface area (Å²) in [6, 6.07) is 12.5. The van der Waals surface area contributed by atoms with E-state index in [0.717, 1.165) is 27.9 Å². The lowest BCUT2D eigenvalue weighted by Crippen LogP contribution is -2.13. The first kappa shape index (κ1) is 14.3. The van der Waals surface area contributed by atoms with E-state index in [4.69, 9.17) is 4.98 Å². The Kier molecular flexibility index (Phi) is 3.83. The number of nitrogens with zero attached hydrogens (tertiary/aromatic N) is 3. The summed E-state index contributed by atoms with van der Waals surface area (Å²) in [6.07, 6.45) is 2.09. The summed E-state index contributed by atoms with van der Waals surface area (Å²) in [7, 11) is 4.17. The van der Waals surface area contributed by atoms with E-state index in [9.17, 15) is 0 Å². The van der Waals surface area contributed by atoms with Gasteiger partial charge in [-0.3, -0.25) is 0 Å². The van der Waals surface area contributed by atoms with Crippen molar-refractivity contribution in [2.45, 2.75) is 13.5 Å². The molecule has 0 spiro atoms. The van der Waals surface area contributed by atoms with Crippen LogP contribution in [0, 0.1) is 6.92 Å². The second-order valence-electron chi connectivity index (χ2n) is 5.54. The summed E-state index contributed by atoms with van der Waals surface area (Å²) in [5, 5.41) is 0. The molecule has 0 saturated carbocycles. The first-order valence-electron chi connectivity index (χ1n) is 6.93. The van der Waals surface area contributed by atoms with Crippen LogP contribution in [0.4, 0.5) is 0 Å². The number of hydrogen-bond donors (Lipinski definition) is 0. The number of pyridine rings is 1. The zero-order valence-corrected chi connectivity index (χ0v) is 14.1. The molecule has 0 unspecified atom stereocenters. The lowest BCUT2D eigenvalue weighted by Gasteiger charge is -2.11. The number of aromatic nitrogens is 2. The number of rotatable bonds is 3. The summed E-state index contributed by atoms with van der Waals surface area (Å²) in [5.74, 6) is 0. The molecule has 2 heterocycles. The minimum absolute atomic E-state index is 0.857. The normalized spacial score (nSPS) is 11.5. The van der Waals surface area contributed by atoms with Crippen molar-refractivity contribution in [3.05, 3.63) is 58.3 Å². The number of imidazole rings is 1. The van der Waals surface area contributed by atoms with Crippen molar-refractivity contribution >= 4 is 21.6 Å². The Balaban J connectivity index is 2.25. The van der Waals surface area contributed by atoms with Gasteiger partial charge in [-0.05, 0) is 44.8 Å². The quantitative estimate of drug-likeness (QED) is 0.712. The van der Waals surface area contributed by atoms with Gasteiger partial charge in [0.15, 0.2) is 0 Å². The Bertz CT molecular complexity index is 773. The van der Waals surface area contributed by atoms with Crippen LogP contribution in [0.1, 0.15) is 11.3 Å². The van der Waals surface area contributed by atoms with Crippen LogP contribution in [0.5, 0.6) is 0 Å². The topological polar surface area (TPSA) is 20.5 Å². The van der Waals surface area contributed by atoms with Gasteiger partial charge in [0.05, 0.1) is 11.4 Å². The molecule has 0 aliphatic rings. The van der Waals surface area contributed by atoms with Gasteiger partial charge >= 0.3 is 0 Å². The summed E-state index contributed by atoms with van der Waals surface area (Å²) < 4.78 is 3.28. The maximum Gasteiger partial charge on any atom is 0.140 e. The Labute approximate surface area is 133 Å². The monoisotopic (exact) mass is 343 g/mol. The zero-order valence-electron chi connectivity index (χ0n) is 12.5. The maximum atomic E-state index is 4.89. The van der Waals surface area contributed by atoms with Crippen molar-refractivity contribution in [3.8, 4) is 11.3 Å². The molecule has 0 fully saturated rings. The van der Waals surface area contributed by atoms with Gasteiger partial charge in [-0.15, -0.1) is 0 Å². The van der Waals surface area contributed by atoms with Crippen molar-refractivity contribution in [2.24, 2.45) is 0 Å². The molecule has 0 aliphatic carbocycles. The Morgan fingerprint density at radius 1 is 1.14 bits per heavy atom. The summed E-state index contributed by atoms with van der Waals surface area (Å²) in [6.45, 7) is 2.96. The van der Waals surface area contributed by atoms with Crippen LogP contribution in [-0.2, 0) is 6.54 Å². The Hall–Kier alpha value is -1.65. The number of benzene rings is 1. The van der Waals surface area contributed by atoms with E-state index < -0.39 is 0 Å². The fourth-order valence-corrected chi connectivity index (χ4v) is 2.81. The number of hydrogen-bond acceptors (Lipinski definition) is 2. The molecule has 0 bridgehead atoms. The molecule has 0 aliphatic heterocycles. The molecular formula is C17H18BrN3. The highest BCUT2D eigenvalue weighted by Crippen LogP contribution is 2.27. The molecule has 1 aromatic carbocycles. The molecule has 0 radical (unpaired) electrons. The fraction of sp³-hybridized carbons (Fsp3) is 0.235. The minimum atomic E-state index is 0.857. The molecule has 0 amide bonds. The summed E-state index contributed by atoms with van der Waals surface area (Å²) in [4.78, 5) is 7.06. The van der Waals surface area contributed by atoms with Gasteiger partial charge < -0.3 is 9.30 Å². The van der Waals surface area contributed by atoms with Gasteiger partial charge in [0.1, 0.15) is 5.65 Å². The third-order valence-electron chi connectivity index (χ3n) is 3.53. The predicted molar refractivity (Wildman–Crippen MR) is 90.5 cm³/mol. The lowest BCUT2D eigenvalue weighted by molar-refractivity contribution is 0.396. The average molecular weight is 344 g/mol. The van der Waals surface area contributed by atoms with E-state index in [1.54, 1.807) is 0 Å². The van der Waals surface area contributed by atoms with Gasteiger partial charge in [0.25, 0.3) is 0 Å². The molecule has 3 aromatic rings. The molecule has 3 nitrogen and oxygen atoms in total. The van der Waals surface area contributed by atoms with E-state index in [1.165, 1.54) is 11.3 Å². The largest absolute Gasteiger partial charge is 0.304 e. The highest BCUT2D eigenvalue weighted by molar-refractivity contribution is 9.10. The second-order valence-corrected chi connectivity index (χ2v) is 6.45. The van der Waals surface area contributed by atoms with Crippen LogP contribution in [0.2, 0.25) is 0 Å². The average Bonchev–Trinajstić information content (AvgIpc) is 2.80. The molecule has 0 saturated heterocycles. The first-order valence-corrected chi connectivity index (χ1v) is 7.73. The van der Waals surface area contributed by atoms with Gasteiger partial charge in [-0.2, -0.15) is 0 Å². The molecule has 0 atom stereocenters. The standard InChI is InChI=1S/C17H18BrN3/c1-12-5-4-10-21-15(11-20(2)3)16(19-17(12)21)13-6-8-14(18)9-7-13/h4-10H,11H2,1-3H3. The van der Waals surface area contributed by atoms with E-state index in [1.807, 2.05) is 0 Å². The fourth-order valence-electron chi connectivity index (χ4n) is 2.54. The van der Waals surface area contributed by atoms with Crippen LogP contribution in [0.25, 0.3) is 16.9 Å². The molecule has 108 valence electrons. The number of fused-ring (bicyclic) bond motifs is 1. The summed E-state index contributed by atoms with van der Waals surface area (Å²) >= 11 is 3.49. The number of aryl methyl sites for hydroxylation is 1. The lowest BCUT2D eigenvalue weighted by atomic mass is 10.1. The predicted octanol–water partition coefficient (Wildman–Crippen LogP) is 4.13. The van der Waals surface area contributed by atoms with E-state index >= 15 is 0 Å². The van der Waals surface area contributed by atoms with Crippen molar-refractivity contribution < 1.29 is 0 Å². The molecule has 4 heteroatoms. The van der Waals surface area contributed by atoms with E-state index in [-0.39, 0.29) is 0 Å². The molecular weight excluding hydrogens is 326 g/mol. The van der Waals surface area contributed by atoms with Gasteiger partial charge in [0.2, 0.25) is 0 Å². The third kappa shape index (κ3) is 2.74. The molecule has 3 rings (SSSR count). The van der Waals surface area contributed by atoms with Crippen molar-refractivity contribution in [2.75, 3.05) is 14.1 Å². The van der Waals surface area contributed by atoms with E-state index in [0.29, 0.717) is 0 Å². The van der Waals surface area contributed by atoms with Crippen LogP contribution < -0.4 is 0 Å². The molecule has 2 aromatic heterocycles. The van der Waals surface area contributed by atoms with Crippen LogP contribution in [0.15, 0.2) is 47.1 Å².